The molecule has 0 bridgehead atoms. The molecule has 0 radical (unpaired) electrons. The molecule has 16 heavy (non-hydrogen) atoms. The molecule has 0 spiro atoms. The average molecular weight is 236 g/mol. The van der Waals surface area contributed by atoms with Crippen molar-refractivity contribution in [1.82, 2.24) is 0 Å². The van der Waals surface area contributed by atoms with Gasteiger partial charge >= 0.3 is 0 Å². The zero-order chi connectivity index (χ0) is 11.4. The monoisotopic (exact) mass is 236 g/mol. The Bertz CT molecular complexity index is 375. The molecule has 2 nitrogen and oxygen atoms in total. The molecule has 1 atom stereocenters. The summed E-state index contributed by atoms with van der Waals surface area (Å²) in [5.41, 5.74) is 0. The number of ether oxygens (including phenoxy) is 1. The van der Waals surface area contributed by atoms with E-state index in [0.29, 0.717) is 6.04 Å². The third-order valence-corrected chi connectivity index (χ3v) is 4.02. The van der Waals surface area contributed by atoms with Gasteiger partial charge in [-0.15, -0.1) is 0 Å². The van der Waals surface area contributed by atoms with Crippen LogP contribution in [0, 0.1) is 0 Å². The summed E-state index contributed by atoms with van der Waals surface area (Å²) in [4.78, 5) is 0. The maximum Gasteiger partial charge on any atom is 0.210 e. The Morgan fingerprint density at radius 3 is 2.75 bits per heavy atom. The highest BCUT2D eigenvalue weighted by molar-refractivity contribution is 8.13. The third-order valence-electron chi connectivity index (χ3n) is 3.05. The fourth-order valence-electron chi connectivity index (χ4n) is 2.01. The van der Waals surface area contributed by atoms with Crippen molar-refractivity contribution in [2.75, 3.05) is 19.9 Å². The Morgan fingerprint density at radius 2 is 2.12 bits per heavy atom. The number of para-hydroxylation sites is 1. The van der Waals surface area contributed by atoms with Crippen LogP contribution < -0.4 is 4.74 Å². The Morgan fingerprint density at radius 1 is 1.38 bits per heavy atom. The van der Waals surface area contributed by atoms with E-state index in [0.717, 1.165) is 12.4 Å². The standard InChI is InChI=1S/C13H18NOS/c1-14-11(8-9-13(14)16-2)10-15-12-6-4-3-5-7-12/h3-7,11H,8-10H2,1-2H3/q+1/t11-/m0/s1. The van der Waals surface area contributed by atoms with Crippen molar-refractivity contribution in [3.05, 3.63) is 30.3 Å². The summed E-state index contributed by atoms with van der Waals surface area (Å²) in [6, 6.07) is 10.6. The molecule has 0 N–H and O–H groups in total. The number of hydrogen-bond acceptors (Lipinski definition) is 2. The number of nitrogens with zero attached hydrogens (tertiary/aromatic N) is 1. The fourth-order valence-corrected chi connectivity index (χ4v) is 2.77. The van der Waals surface area contributed by atoms with Crippen LogP contribution in [0.25, 0.3) is 0 Å². The number of likely N-dealkylation sites (N-methyl/N-ethyl adjacent to an activating group) is 1. The Balaban J connectivity index is 1.90. The molecule has 1 heterocycles. The second-order valence-electron chi connectivity index (χ2n) is 4.03. The highest BCUT2D eigenvalue weighted by Crippen LogP contribution is 2.19. The van der Waals surface area contributed by atoms with Crippen LogP contribution in [0.1, 0.15) is 12.8 Å². The van der Waals surface area contributed by atoms with Crippen LogP contribution in [0.3, 0.4) is 0 Å². The summed E-state index contributed by atoms with van der Waals surface area (Å²) in [5.74, 6) is 0.966. The summed E-state index contributed by atoms with van der Waals surface area (Å²) < 4.78 is 8.14. The lowest BCUT2D eigenvalue weighted by atomic mass is 10.2. The summed E-state index contributed by atoms with van der Waals surface area (Å²) in [5, 5.41) is 1.47. The molecule has 2 rings (SSSR count). The molecule has 0 amide bonds. The van der Waals surface area contributed by atoms with E-state index in [9.17, 15) is 0 Å². The molecule has 0 saturated carbocycles. The predicted octanol–water partition coefficient (Wildman–Crippen LogP) is 2.63. The van der Waals surface area contributed by atoms with Crippen LogP contribution in [0.5, 0.6) is 5.75 Å². The van der Waals surface area contributed by atoms with Gasteiger partial charge in [-0.05, 0) is 18.4 Å². The fraction of sp³-hybridized carbons (Fsp3) is 0.462. The Kier molecular flexibility index (Phi) is 3.88. The van der Waals surface area contributed by atoms with Gasteiger partial charge in [-0.1, -0.05) is 30.0 Å². The van der Waals surface area contributed by atoms with Crippen LogP contribution in [0.15, 0.2) is 30.3 Å². The van der Waals surface area contributed by atoms with Crippen molar-refractivity contribution in [3.8, 4) is 5.75 Å². The van der Waals surface area contributed by atoms with Gasteiger partial charge in [0.1, 0.15) is 19.4 Å². The molecular formula is C13H18NOS+. The van der Waals surface area contributed by atoms with Crippen LogP contribution in [0.2, 0.25) is 0 Å². The minimum absolute atomic E-state index is 0.530. The molecule has 3 heteroatoms. The third kappa shape index (κ3) is 2.59. The Labute approximate surface area is 101 Å². The van der Waals surface area contributed by atoms with E-state index in [2.05, 4.69) is 17.9 Å². The minimum Gasteiger partial charge on any atom is -0.487 e. The van der Waals surface area contributed by atoms with Crippen molar-refractivity contribution in [3.63, 3.8) is 0 Å². The van der Waals surface area contributed by atoms with E-state index < -0.39 is 0 Å². The smallest absolute Gasteiger partial charge is 0.210 e. The first-order chi connectivity index (χ1) is 7.81. The van der Waals surface area contributed by atoms with Crippen molar-refractivity contribution in [2.45, 2.75) is 18.9 Å². The first-order valence-corrected chi connectivity index (χ1v) is 6.84. The van der Waals surface area contributed by atoms with E-state index in [4.69, 9.17) is 4.74 Å². The normalized spacial score (nSPS) is 20.2. The SMILES string of the molecule is CSC1=[N+](C)[C@H](COc2ccccc2)CC1. The largest absolute Gasteiger partial charge is 0.487 e. The average Bonchev–Trinajstić information content (AvgIpc) is 2.69. The van der Waals surface area contributed by atoms with E-state index in [-0.39, 0.29) is 0 Å². The van der Waals surface area contributed by atoms with Crippen LogP contribution in [0.4, 0.5) is 0 Å². The number of hydrogen-bond donors (Lipinski definition) is 0. The molecule has 0 unspecified atom stereocenters. The van der Waals surface area contributed by atoms with E-state index in [1.54, 1.807) is 0 Å². The molecule has 0 aliphatic carbocycles. The maximum atomic E-state index is 5.79. The molecule has 1 aromatic carbocycles. The lowest BCUT2D eigenvalue weighted by molar-refractivity contribution is -0.529. The highest BCUT2D eigenvalue weighted by atomic mass is 32.2. The van der Waals surface area contributed by atoms with E-state index in [1.165, 1.54) is 17.9 Å². The van der Waals surface area contributed by atoms with Gasteiger partial charge in [0.2, 0.25) is 5.04 Å². The number of thioether (sulfide) groups is 1. The van der Waals surface area contributed by atoms with Gasteiger partial charge in [-0.3, -0.25) is 0 Å². The molecule has 1 aliphatic heterocycles. The molecule has 0 saturated heterocycles. The van der Waals surface area contributed by atoms with Crippen LogP contribution in [-0.2, 0) is 0 Å². The second-order valence-corrected chi connectivity index (χ2v) is 4.90. The van der Waals surface area contributed by atoms with Crippen molar-refractivity contribution in [1.29, 1.82) is 0 Å². The van der Waals surface area contributed by atoms with Gasteiger partial charge in [0.05, 0.1) is 0 Å². The van der Waals surface area contributed by atoms with Gasteiger partial charge < -0.3 is 4.74 Å². The molecule has 86 valence electrons. The maximum absolute atomic E-state index is 5.79. The molecular weight excluding hydrogens is 218 g/mol. The zero-order valence-electron chi connectivity index (χ0n) is 9.85. The van der Waals surface area contributed by atoms with E-state index in [1.807, 2.05) is 42.1 Å². The summed E-state index contributed by atoms with van der Waals surface area (Å²) in [7, 11) is 2.16. The Hall–Kier alpha value is -0.960. The summed E-state index contributed by atoms with van der Waals surface area (Å²) >= 11 is 1.85. The molecule has 1 aromatic rings. The predicted molar refractivity (Wildman–Crippen MR) is 69.7 cm³/mol. The van der Waals surface area contributed by atoms with Gasteiger partial charge in [-0.2, -0.15) is 0 Å². The topological polar surface area (TPSA) is 12.2 Å². The minimum atomic E-state index is 0.530. The number of rotatable bonds is 3. The lowest BCUT2D eigenvalue weighted by Gasteiger charge is -2.09. The first-order valence-electron chi connectivity index (χ1n) is 5.61. The molecule has 0 aromatic heterocycles. The van der Waals surface area contributed by atoms with Crippen molar-refractivity contribution < 1.29 is 9.31 Å². The van der Waals surface area contributed by atoms with E-state index >= 15 is 0 Å². The van der Waals surface area contributed by atoms with Gasteiger partial charge in [0.15, 0.2) is 6.04 Å². The molecule has 1 aliphatic rings. The van der Waals surface area contributed by atoms with Gasteiger partial charge in [-0.25, -0.2) is 4.58 Å². The lowest BCUT2D eigenvalue weighted by Crippen LogP contribution is -2.26. The summed E-state index contributed by atoms with van der Waals surface area (Å²) in [6.45, 7) is 0.782. The van der Waals surface area contributed by atoms with Gasteiger partial charge in [0.25, 0.3) is 0 Å². The van der Waals surface area contributed by atoms with Crippen LogP contribution in [-0.4, -0.2) is 35.6 Å². The second kappa shape index (κ2) is 5.39. The highest BCUT2D eigenvalue weighted by Gasteiger charge is 2.29. The summed E-state index contributed by atoms with van der Waals surface area (Å²) in [6.07, 6.45) is 4.55. The van der Waals surface area contributed by atoms with Gasteiger partial charge in [0, 0.05) is 12.8 Å². The molecule has 0 fully saturated rings. The van der Waals surface area contributed by atoms with Crippen LogP contribution >= 0.6 is 11.8 Å². The van der Waals surface area contributed by atoms with Crippen molar-refractivity contribution >= 4 is 16.8 Å². The zero-order valence-corrected chi connectivity index (χ0v) is 10.7. The number of benzene rings is 1. The van der Waals surface area contributed by atoms with Crippen molar-refractivity contribution in [2.24, 2.45) is 0 Å². The quantitative estimate of drug-likeness (QED) is 0.748. The first kappa shape index (κ1) is 11.5.